The number of hydrogen-bond acceptors (Lipinski definition) is 3. The summed E-state index contributed by atoms with van der Waals surface area (Å²) in [5, 5.41) is 3.35. The maximum absolute atomic E-state index is 12.4. The number of nitrogens with zero attached hydrogens (tertiary/aromatic N) is 2. The number of aromatic nitrogens is 1. The van der Waals surface area contributed by atoms with Gasteiger partial charge in [-0.25, -0.2) is 4.98 Å². The number of carbonyl (C=O) groups is 2. The Labute approximate surface area is 127 Å². The molecule has 1 aliphatic heterocycles. The zero-order valence-corrected chi connectivity index (χ0v) is 12.5. The Morgan fingerprint density at radius 2 is 2.20 bits per heavy atom. The van der Waals surface area contributed by atoms with Crippen molar-refractivity contribution in [3.8, 4) is 0 Å². The highest BCUT2D eigenvalue weighted by Gasteiger charge is 2.26. The van der Waals surface area contributed by atoms with Crippen LogP contribution in [-0.2, 0) is 4.79 Å². The van der Waals surface area contributed by atoms with Crippen LogP contribution in [0.15, 0.2) is 12.3 Å². The second kappa shape index (κ2) is 6.41. The molecular formula is C13H15Cl2N3O2. The van der Waals surface area contributed by atoms with Crippen LogP contribution in [0, 0.1) is 0 Å². The van der Waals surface area contributed by atoms with Crippen molar-refractivity contribution < 1.29 is 9.59 Å². The molecule has 1 saturated heterocycles. The molecule has 0 radical (unpaired) electrons. The SMILES string of the molecule is CC(=O)NC1CCCN(C(=O)c2cc(Cl)ncc2Cl)C1. The minimum Gasteiger partial charge on any atom is -0.352 e. The van der Waals surface area contributed by atoms with Crippen LogP contribution in [0.3, 0.4) is 0 Å². The quantitative estimate of drug-likeness (QED) is 0.850. The molecule has 0 aromatic carbocycles. The van der Waals surface area contributed by atoms with Gasteiger partial charge in [-0.2, -0.15) is 0 Å². The topological polar surface area (TPSA) is 62.3 Å². The predicted octanol–water partition coefficient (Wildman–Crippen LogP) is 2.13. The van der Waals surface area contributed by atoms with Gasteiger partial charge in [-0.3, -0.25) is 9.59 Å². The first-order valence-corrected chi connectivity index (χ1v) is 7.10. The second-order valence-corrected chi connectivity index (χ2v) is 5.57. The molecular weight excluding hydrogens is 301 g/mol. The van der Waals surface area contributed by atoms with E-state index in [0.29, 0.717) is 18.7 Å². The summed E-state index contributed by atoms with van der Waals surface area (Å²) in [7, 11) is 0. The highest BCUT2D eigenvalue weighted by molar-refractivity contribution is 6.35. The summed E-state index contributed by atoms with van der Waals surface area (Å²) in [5.41, 5.74) is 0.343. The smallest absolute Gasteiger partial charge is 0.255 e. The van der Waals surface area contributed by atoms with Crippen LogP contribution in [0.1, 0.15) is 30.1 Å². The maximum Gasteiger partial charge on any atom is 0.255 e. The van der Waals surface area contributed by atoms with E-state index in [9.17, 15) is 9.59 Å². The van der Waals surface area contributed by atoms with Crippen molar-refractivity contribution in [1.82, 2.24) is 15.2 Å². The number of hydrogen-bond donors (Lipinski definition) is 1. The van der Waals surface area contributed by atoms with E-state index in [2.05, 4.69) is 10.3 Å². The fraction of sp³-hybridized carbons (Fsp3) is 0.462. The normalized spacial score (nSPS) is 18.8. The number of amides is 2. The molecule has 5 nitrogen and oxygen atoms in total. The van der Waals surface area contributed by atoms with Gasteiger partial charge in [0.2, 0.25) is 5.91 Å². The van der Waals surface area contributed by atoms with Gasteiger partial charge in [-0.1, -0.05) is 23.2 Å². The number of rotatable bonds is 2. The molecule has 1 N–H and O–H groups in total. The molecule has 1 atom stereocenters. The fourth-order valence-electron chi connectivity index (χ4n) is 2.31. The van der Waals surface area contributed by atoms with Crippen molar-refractivity contribution in [2.75, 3.05) is 13.1 Å². The Kier molecular flexibility index (Phi) is 4.83. The first kappa shape index (κ1) is 15.1. The van der Waals surface area contributed by atoms with Gasteiger partial charge in [0.1, 0.15) is 5.15 Å². The third-order valence-corrected chi connectivity index (χ3v) is 3.68. The molecule has 20 heavy (non-hydrogen) atoms. The average Bonchev–Trinajstić information content (AvgIpc) is 2.40. The van der Waals surface area contributed by atoms with E-state index in [1.54, 1.807) is 4.90 Å². The first-order chi connectivity index (χ1) is 9.47. The van der Waals surface area contributed by atoms with E-state index in [-0.39, 0.29) is 28.0 Å². The summed E-state index contributed by atoms with van der Waals surface area (Å²) in [4.78, 5) is 29.1. The second-order valence-electron chi connectivity index (χ2n) is 4.78. The average molecular weight is 316 g/mol. The van der Waals surface area contributed by atoms with Gasteiger partial charge in [0.25, 0.3) is 5.91 Å². The first-order valence-electron chi connectivity index (χ1n) is 6.35. The van der Waals surface area contributed by atoms with Crippen LogP contribution >= 0.6 is 23.2 Å². The zero-order valence-electron chi connectivity index (χ0n) is 11.0. The molecule has 0 bridgehead atoms. The summed E-state index contributed by atoms with van der Waals surface area (Å²) >= 11 is 11.8. The van der Waals surface area contributed by atoms with Gasteiger partial charge >= 0.3 is 0 Å². The van der Waals surface area contributed by atoms with Crippen molar-refractivity contribution >= 4 is 35.0 Å². The molecule has 0 saturated carbocycles. The lowest BCUT2D eigenvalue weighted by Crippen LogP contribution is -2.49. The highest BCUT2D eigenvalue weighted by Crippen LogP contribution is 2.21. The van der Waals surface area contributed by atoms with Gasteiger partial charge in [0.15, 0.2) is 0 Å². The molecule has 1 unspecified atom stereocenters. The fourth-order valence-corrected chi connectivity index (χ4v) is 2.66. The third kappa shape index (κ3) is 3.61. The third-order valence-electron chi connectivity index (χ3n) is 3.17. The van der Waals surface area contributed by atoms with E-state index in [1.165, 1.54) is 19.2 Å². The Morgan fingerprint density at radius 1 is 1.45 bits per heavy atom. The standard InChI is InChI=1S/C13H15Cl2N3O2/c1-8(19)17-9-3-2-4-18(7-9)13(20)10-5-12(15)16-6-11(10)14/h5-6,9H,2-4,7H2,1H3,(H,17,19). The minimum absolute atomic E-state index is 0.0127. The summed E-state index contributed by atoms with van der Waals surface area (Å²) in [6.07, 6.45) is 3.08. The van der Waals surface area contributed by atoms with Gasteiger partial charge in [-0.15, -0.1) is 0 Å². The molecule has 1 aromatic rings. The predicted molar refractivity (Wildman–Crippen MR) is 77.0 cm³/mol. The molecule has 0 spiro atoms. The van der Waals surface area contributed by atoms with Crippen molar-refractivity contribution in [1.29, 1.82) is 0 Å². The Morgan fingerprint density at radius 3 is 2.90 bits per heavy atom. The Bertz CT molecular complexity index is 536. The molecule has 2 amide bonds. The minimum atomic E-state index is -0.186. The van der Waals surface area contributed by atoms with Crippen LogP contribution in [0.5, 0.6) is 0 Å². The van der Waals surface area contributed by atoms with E-state index >= 15 is 0 Å². The van der Waals surface area contributed by atoms with Crippen LogP contribution < -0.4 is 5.32 Å². The van der Waals surface area contributed by atoms with Gasteiger partial charge in [0.05, 0.1) is 10.6 Å². The number of nitrogens with one attached hydrogen (secondary N) is 1. The highest BCUT2D eigenvalue weighted by atomic mass is 35.5. The molecule has 2 heterocycles. The van der Waals surface area contributed by atoms with Crippen LogP contribution in [0.25, 0.3) is 0 Å². The van der Waals surface area contributed by atoms with E-state index in [0.717, 1.165) is 12.8 Å². The zero-order chi connectivity index (χ0) is 14.7. The van der Waals surface area contributed by atoms with Crippen molar-refractivity contribution in [3.05, 3.63) is 28.0 Å². The number of piperidine rings is 1. The summed E-state index contributed by atoms with van der Waals surface area (Å²) in [6.45, 7) is 2.60. The lowest BCUT2D eigenvalue weighted by Gasteiger charge is -2.33. The Hall–Kier alpha value is -1.33. The van der Waals surface area contributed by atoms with Crippen molar-refractivity contribution in [2.45, 2.75) is 25.8 Å². The molecule has 1 fully saturated rings. The molecule has 0 aliphatic carbocycles. The summed E-state index contributed by atoms with van der Waals surface area (Å²) in [5.74, 6) is -0.274. The monoisotopic (exact) mass is 315 g/mol. The number of likely N-dealkylation sites (tertiary alicyclic amines) is 1. The van der Waals surface area contributed by atoms with E-state index in [1.807, 2.05) is 0 Å². The molecule has 7 heteroatoms. The maximum atomic E-state index is 12.4. The van der Waals surface area contributed by atoms with Crippen molar-refractivity contribution in [2.24, 2.45) is 0 Å². The van der Waals surface area contributed by atoms with Crippen molar-refractivity contribution in [3.63, 3.8) is 0 Å². The molecule has 108 valence electrons. The molecule has 1 aromatic heterocycles. The lowest BCUT2D eigenvalue weighted by molar-refractivity contribution is -0.120. The largest absolute Gasteiger partial charge is 0.352 e. The number of halogens is 2. The van der Waals surface area contributed by atoms with E-state index < -0.39 is 0 Å². The van der Waals surface area contributed by atoms with Gasteiger partial charge < -0.3 is 10.2 Å². The number of pyridine rings is 1. The van der Waals surface area contributed by atoms with Gasteiger partial charge in [0, 0.05) is 32.3 Å². The Balaban J connectivity index is 2.12. The summed E-state index contributed by atoms with van der Waals surface area (Å²) < 4.78 is 0. The molecule has 1 aliphatic rings. The van der Waals surface area contributed by atoms with Crippen LogP contribution in [-0.4, -0.2) is 40.8 Å². The lowest BCUT2D eigenvalue weighted by atomic mass is 10.0. The van der Waals surface area contributed by atoms with E-state index in [4.69, 9.17) is 23.2 Å². The number of carbonyl (C=O) groups excluding carboxylic acids is 2. The molecule has 2 rings (SSSR count). The van der Waals surface area contributed by atoms with Gasteiger partial charge in [-0.05, 0) is 18.9 Å². The van der Waals surface area contributed by atoms with Crippen LogP contribution in [0.2, 0.25) is 10.2 Å². The summed E-state index contributed by atoms with van der Waals surface area (Å²) in [6, 6.07) is 1.45. The van der Waals surface area contributed by atoms with Crippen LogP contribution in [0.4, 0.5) is 0 Å².